The summed E-state index contributed by atoms with van der Waals surface area (Å²) in [5, 5.41) is 5.44. The molecule has 0 bridgehead atoms. The fraction of sp³-hybridized carbons (Fsp3) is 0.150. The van der Waals surface area contributed by atoms with E-state index in [2.05, 4.69) is 10.3 Å². The third-order valence-corrected chi connectivity index (χ3v) is 5.14. The van der Waals surface area contributed by atoms with Crippen molar-refractivity contribution >= 4 is 40.5 Å². The largest absolute Gasteiger partial charge is 0.497 e. The van der Waals surface area contributed by atoms with E-state index in [-0.39, 0.29) is 5.69 Å². The van der Waals surface area contributed by atoms with E-state index in [4.69, 9.17) is 21.1 Å². The number of hydrogen-bond donors (Lipinski definition) is 1. The third-order valence-electron chi connectivity index (χ3n) is 3.84. The van der Waals surface area contributed by atoms with Crippen LogP contribution in [0.25, 0.3) is 10.6 Å². The molecule has 6 nitrogen and oxygen atoms in total. The van der Waals surface area contributed by atoms with Crippen LogP contribution in [0.1, 0.15) is 16.1 Å². The highest BCUT2D eigenvalue weighted by Crippen LogP contribution is 2.26. The lowest BCUT2D eigenvalue weighted by atomic mass is 10.2. The molecule has 0 atom stereocenters. The molecule has 1 N–H and O–H groups in total. The minimum absolute atomic E-state index is 0.155. The van der Waals surface area contributed by atoms with Gasteiger partial charge in [0.15, 0.2) is 12.3 Å². The molecule has 2 aromatic carbocycles. The Kier molecular flexibility index (Phi) is 6.28. The Labute approximate surface area is 171 Å². The zero-order valence-electron chi connectivity index (χ0n) is 15.2. The molecule has 0 spiro atoms. The van der Waals surface area contributed by atoms with E-state index < -0.39 is 18.5 Å². The molecule has 28 heavy (non-hydrogen) atoms. The molecule has 0 saturated carbocycles. The molecule has 0 saturated heterocycles. The van der Waals surface area contributed by atoms with Crippen LogP contribution in [0, 0.1) is 6.92 Å². The second-order valence-corrected chi connectivity index (χ2v) is 7.12. The molecule has 0 aliphatic rings. The number of halogens is 1. The van der Waals surface area contributed by atoms with Crippen LogP contribution in [0.3, 0.4) is 0 Å². The van der Waals surface area contributed by atoms with Gasteiger partial charge in [-0.3, -0.25) is 4.79 Å². The van der Waals surface area contributed by atoms with Gasteiger partial charge in [0.25, 0.3) is 5.91 Å². The van der Waals surface area contributed by atoms with Gasteiger partial charge in [-0.1, -0.05) is 17.7 Å². The number of esters is 1. The first-order chi connectivity index (χ1) is 13.5. The molecule has 1 aromatic heterocycles. The van der Waals surface area contributed by atoms with Crippen LogP contribution in [0.15, 0.2) is 47.8 Å². The number of benzene rings is 2. The summed E-state index contributed by atoms with van der Waals surface area (Å²) in [5.41, 5.74) is 2.45. The molecule has 144 valence electrons. The fourth-order valence-corrected chi connectivity index (χ4v) is 3.28. The minimum Gasteiger partial charge on any atom is -0.497 e. The quantitative estimate of drug-likeness (QED) is 0.595. The van der Waals surface area contributed by atoms with Crippen LogP contribution in [0.5, 0.6) is 5.75 Å². The van der Waals surface area contributed by atoms with Gasteiger partial charge in [-0.2, -0.15) is 0 Å². The van der Waals surface area contributed by atoms with E-state index in [0.29, 0.717) is 15.7 Å². The van der Waals surface area contributed by atoms with Crippen molar-refractivity contribution in [3.63, 3.8) is 0 Å². The Morgan fingerprint density at radius 3 is 2.61 bits per heavy atom. The van der Waals surface area contributed by atoms with Gasteiger partial charge in [-0.05, 0) is 48.9 Å². The molecule has 0 unspecified atom stereocenters. The van der Waals surface area contributed by atoms with Gasteiger partial charge in [-0.25, -0.2) is 9.78 Å². The van der Waals surface area contributed by atoms with Crippen molar-refractivity contribution in [2.24, 2.45) is 0 Å². The zero-order chi connectivity index (χ0) is 20.1. The maximum atomic E-state index is 12.1. The average Bonchev–Trinajstić information content (AvgIpc) is 3.19. The Morgan fingerprint density at radius 1 is 1.18 bits per heavy atom. The predicted octanol–water partition coefficient (Wildman–Crippen LogP) is 4.58. The van der Waals surface area contributed by atoms with Crippen molar-refractivity contribution in [1.82, 2.24) is 4.98 Å². The molecule has 8 heteroatoms. The maximum absolute atomic E-state index is 12.1. The number of nitrogens with one attached hydrogen (secondary N) is 1. The van der Waals surface area contributed by atoms with E-state index in [9.17, 15) is 9.59 Å². The van der Waals surface area contributed by atoms with Gasteiger partial charge in [0.1, 0.15) is 10.8 Å². The van der Waals surface area contributed by atoms with Crippen LogP contribution in [-0.4, -0.2) is 30.6 Å². The lowest BCUT2D eigenvalue weighted by Gasteiger charge is -2.07. The molecule has 0 aliphatic carbocycles. The van der Waals surface area contributed by atoms with Gasteiger partial charge in [0.2, 0.25) is 0 Å². The van der Waals surface area contributed by atoms with E-state index in [1.54, 1.807) is 30.7 Å². The first-order valence-corrected chi connectivity index (χ1v) is 9.55. The van der Waals surface area contributed by atoms with E-state index in [0.717, 1.165) is 16.9 Å². The van der Waals surface area contributed by atoms with Gasteiger partial charge < -0.3 is 14.8 Å². The van der Waals surface area contributed by atoms with Crippen LogP contribution >= 0.6 is 22.9 Å². The number of methoxy groups -OCH3 is 1. The number of aryl methyl sites for hydroxylation is 1. The summed E-state index contributed by atoms with van der Waals surface area (Å²) in [6.45, 7) is 1.45. The summed E-state index contributed by atoms with van der Waals surface area (Å²) in [6, 6.07) is 12.5. The predicted molar refractivity (Wildman–Crippen MR) is 109 cm³/mol. The van der Waals surface area contributed by atoms with Gasteiger partial charge in [-0.15, -0.1) is 11.3 Å². The van der Waals surface area contributed by atoms with Gasteiger partial charge in [0, 0.05) is 21.7 Å². The summed E-state index contributed by atoms with van der Waals surface area (Å²) >= 11 is 7.34. The Hall–Kier alpha value is -2.90. The molecule has 0 radical (unpaired) electrons. The number of rotatable bonds is 6. The normalized spacial score (nSPS) is 10.4. The van der Waals surface area contributed by atoms with Crippen LogP contribution in [0.2, 0.25) is 5.02 Å². The van der Waals surface area contributed by atoms with Crippen molar-refractivity contribution in [3.05, 3.63) is 64.1 Å². The van der Waals surface area contributed by atoms with Crippen LogP contribution < -0.4 is 10.1 Å². The second-order valence-electron chi connectivity index (χ2n) is 5.85. The van der Waals surface area contributed by atoms with E-state index >= 15 is 0 Å². The number of amides is 1. The highest BCUT2D eigenvalue weighted by Gasteiger charge is 2.15. The number of nitrogens with zero attached hydrogens (tertiary/aromatic N) is 1. The smallest absolute Gasteiger partial charge is 0.358 e. The molecule has 1 heterocycles. The molecule has 0 aliphatic heterocycles. The standard InChI is InChI=1S/C20H17ClN2O4S/c1-12-3-6-14(9-16(12)21)22-18(24)10-27-20(25)17-11-28-19(23-17)13-4-7-15(26-2)8-5-13/h3-9,11H,10H2,1-2H3,(H,22,24). The molecule has 1 amide bonds. The highest BCUT2D eigenvalue weighted by atomic mass is 35.5. The van der Waals surface area contributed by atoms with E-state index in [1.807, 2.05) is 31.2 Å². The summed E-state index contributed by atoms with van der Waals surface area (Å²) in [7, 11) is 1.59. The van der Waals surface area contributed by atoms with Gasteiger partial charge in [0.05, 0.1) is 7.11 Å². The summed E-state index contributed by atoms with van der Waals surface area (Å²) < 4.78 is 10.2. The molecule has 3 aromatic rings. The summed E-state index contributed by atoms with van der Waals surface area (Å²) in [5.74, 6) is -0.382. The highest BCUT2D eigenvalue weighted by molar-refractivity contribution is 7.13. The number of anilines is 1. The topological polar surface area (TPSA) is 77.5 Å². The van der Waals surface area contributed by atoms with Crippen LogP contribution in [0.4, 0.5) is 5.69 Å². The van der Waals surface area contributed by atoms with Crippen molar-refractivity contribution in [1.29, 1.82) is 0 Å². The van der Waals surface area contributed by atoms with Crippen molar-refractivity contribution < 1.29 is 19.1 Å². The Morgan fingerprint density at radius 2 is 1.93 bits per heavy atom. The van der Waals surface area contributed by atoms with Gasteiger partial charge >= 0.3 is 5.97 Å². The Bertz CT molecular complexity index is 1000. The molecule has 3 rings (SSSR count). The van der Waals surface area contributed by atoms with Crippen molar-refractivity contribution in [2.45, 2.75) is 6.92 Å². The first-order valence-electron chi connectivity index (χ1n) is 8.29. The lowest BCUT2D eigenvalue weighted by Crippen LogP contribution is -2.21. The second kappa shape index (κ2) is 8.86. The summed E-state index contributed by atoms with van der Waals surface area (Å²) in [4.78, 5) is 28.4. The number of hydrogen-bond acceptors (Lipinski definition) is 6. The number of aromatic nitrogens is 1. The average molecular weight is 417 g/mol. The first kappa shape index (κ1) is 19.9. The Balaban J connectivity index is 1.56. The van der Waals surface area contributed by atoms with Crippen molar-refractivity contribution in [2.75, 3.05) is 19.0 Å². The lowest BCUT2D eigenvalue weighted by molar-refractivity contribution is -0.119. The van der Waals surface area contributed by atoms with E-state index in [1.165, 1.54) is 11.3 Å². The minimum atomic E-state index is -0.659. The molecule has 0 fully saturated rings. The zero-order valence-corrected chi connectivity index (χ0v) is 16.8. The molecular weight excluding hydrogens is 400 g/mol. The fourth-order valence-electron chi connectivity index (χ4n) is 2.31. The summed E-state index contributed by atoms with van der Waals surface area (Å²) in [6.07, 6.45) is 0. The molecular formula is C20H17ClN2O4S. The van der Waals surface area contributed by atoms with Crippen molar-refractivity contribution in [3.8, 4) is 16.3 Å². The monoisotopic (exact) mass is 416 g/mol. The third kappa shape index (κ3) is 4.88. The number of carbonyl (C=O) groups is 2. The SMILES string of the molecule is COc1ccc(-c2nc(C(=O)OCC(=O)Nc3ccc(C)c(Cl)c3)cs2)cc1. The maximum Gasteiger partial charge on any atom is 0.358 e. The number of carbonyl (C=O) groups excluding carboxylic acids is 2. The van der Waals surface area contributed by atoms with Crippen LogP contribution in [-0.2, 0) is 9.53 Å². The number of ether oxygens (including phenoxy) is 2. The number of thiazole rings is 1.